The first-order chi connectivity index (χ1) is 6.48. The highest BCUT2D eigenvalue weighted by atomic mass is 32.1. The van der Waals surface area contributed by atoms with Crippen molar-refractivity contribution in [1.29, 1.82) is 0 Å². The van der Waals surface area contributed by atoms with Crippen LogP contribution in [0, 0.1) is 0 Å². The van der Waals surface area contributed by atoms with Crippen LogP contribution in [0.2, 0.25) is 0 Å². The lowest BCUT2D eigenvalue weighted by Gasteiger charge is -2.07. The maximum atomic E-state index is 12.2. The number of hydrogen-bond donors (Lipinski definition) is 1. The van der Waals surface area contributed by atoms with Crippen molar-refractivity contribution in [2.75, 3.05) is 5.75 Å². The van der Waals surface area contributed by atoms with Gasteiger partial charge in [-0.3, -0.25) is 0 Å². The van der Waals surface area contributed by atoms with Crippen molar-refractivity contribution in [1.82, 2.24) is 4.98 Å². The second kappa shape index (κ2) is 3.13. The van der Waals surface area contributed by atoms with Gasteiger partial charge in [0.15, 0.2) is 5.01 Å². The molecule has 0 radical (unpaired) electrons. The van der Waals surface area contributed by atoms with E-state index in [0.29, 0.717) is 22.8 Å². The lowest BCUT2D eigenvalue weighted by atomic mass is 10.1. The van der Waals surface area contributed by atoms with Crippen molar-refractivity contribution >= 4 is 24.0 Å². The van der Waals surface area contributed by atoms with Gasteiger partial charge < -0.3 is 0 Å². The number of alkyl halides is 3. The van der Waals surface area contributed by atoms with Crippen molar-refractivity contribution in [3.8, 4) is 0 Å². The van der Waals surface area contributed by atoms with Gasteiger partial charge >= 0.3 is 6.18 Å². The Morgan fingerprint density at radius 1 is 1.50 bits per heavy atom. The van der Waals surface area contributed by atoms with Crippen LogP contribution in [0.3, 0.4) is 0 Å². The summed E-state index contributed by atoms with van der Waals surface area (Å²) in [6.45, 7) is 0. The van der Waals surface area contributed by atoms with Crippen LogP contribution in [-0.2, 0) is 11.6 Å². The summed E-state index contributed by atoms with van der Waals surface area (Å²) in [5.41, 5.74) is 0.396. The van der Waals surface area contributed by atoms with Crippen LogP contribution >= 0.6 is 24.0 Å². The van der Waals surface area contributed by atoms with Crippen molar-refractivity contribution in [2.24, 2.45) is 0 Å². The van der Waals surface area contributed by atoms with Crippen LogP contribution in [0.25, 0.3) is 0 Å². The molecule has 1 fully saturated rings. The maximum absolute atomic E-state index is 12.2. The SMILES string of the molecule is FC(F)(F)c1nc(C2(CS)CC2)cs1. The minimum Gasteiger partial charge on any atom is -0.237 e. The molecule has 78 valence electrons. The van der Waals surface area contributed by atoms with Crippen molar-refractivity contribution in [3.63, 3.8) is 0 Å². The molecule has 0 spiro atoms. The van der Waals surface area contributed by atoms with Crippen molar-refractivity contribution < 1.29 is 13.2 Å². The van der Waals surface area contributed by atoms with Crippen LogP contribution < -0.4 is 0 Å². The lowest BCUT2D eigenvalue weighted by Crippen LogP contribution is -2.11. The average Bonchev–Trinajstić information content (AvgIpc) is 2.73. The van der Waals surface area contributed by atoms with Crippen LogP contribution in [-0.4, -0.2) is 10.7 Å². The molecule has 1 heterocycles. The second-order valence-electron chi connectivity index (χ2n) is 3.47. The van der Waals surface area contributed by atoms with Gasteiger partial charge in [0.1, 0.15) is 0 Å². The fourth-order valence-corrected chi connectivity index (χ4v) is 2.58. The Hall–Kier alpha value is -0.230. The van der Waals surface area contributed by atoms with E-state index >= 15 is 0 Å². The molecule has 1 aliphatic rings. The van der Waals surface area contributed by atoms with Gasteiger partial charge in [-0.1, -0.05) is 0 Å². The minimum absolute atomic E-state index is 0.164. The Bertz CT molecular complexity index is 341. The molecule has 0 N–H and O–H groups in total. The predicted molar refractivity (Wildman–Crippen MR) is 51.9 cm³/mol. The standard InChI is InChI=1S/C8H8F3NS2/c9-8(10,11)6-12-5(3-14-6)7(4-13)1-2-7/h3,13H,1-2,4H2. The molecular weight excluding hydrogens is 231 g/mol. The van der Waals surface area contributed by atoms with E-state index in [1.54, 1.807) is 0 Å². The highest BCUT2D eigenvalue weighted by molar-refractivity contribution is 7.80. The number of halogens is 3. The Labute approximate surface area is 88.8 Å². The van der Waals surface area contributed by atoms with Gasteiger partial charge in [-0.2, -0.15) is 25.8 Å². The molecule has 0 bridgehead atoms. The smallest absolute Gasteiger partial charge is 0.237 e. The summed E-state index contributed by atoms with van der Waals surface area (Å²) in [5.74, 6) is 0.577. The third-order valence-electron chi connectivity index (χ3n) is 2.45. The molecule has 1 saturated carbocycles. The summed E-state index contributed by atoms with van der Waals surface area (Å²) in [6.07, 6.45) is -2.51. The first-order valence-corrected chi connectivity index (χ1v) is 5.63. The zero-order valence-electron chi connectivity index (χ0n) is 7.14. The predicted octanol–water partition coefficient (Wildman–Crippen LogP) is 3.12. The first-order valence-electron chi connectivity index (χ1n) is 4.12. The number of thiol groups is 1. The number of nitrogens with zero attached hydrogens (tertiary/aromatic N) is 1. The number of aromatic nitrogens is 1. The van der Waals surface area contributed by atoms with E-state index in [1.165, 1.54) is 5.38 Å². The van der Waals surface area contributed by atoms with Crippen molar-refractivity contribution in [3.05, 3.63) is 16.1 Å². The fraction of sp³-hybridized carbons (Fsp3) is 0.625. The Kier molecular flexibility index (Phi) is 2.30. The molecule has 0 atom stereocenters. The molecule has 0 amide bonds. The zero-order valence-corrected chi connectivity index (χ0v) is 8.85. The molecule has 2 rings (SSSR count). The Morgan fingerprint density at radius 3 is 2.50 bits per heavy atom. The summed E-state index contributed by atoms with van der Waals surface area (Å²) >= 11 is 4.81. The molecule has 1 aromatic heterocycles. The molecule has 14 heavy (non-hydrogen) atoms. The molecular formula is C8H8F3NS2. The number of rotatable bonds is 2. The van der Waals surface area contributed by atoms with E-state index in [-0.39, 0.29) is 5.41 Å². The molecule has 0 unspecified atom stereocenters. The van der Waals surface area contributed by atoms with E-state index in [2.05, 4.69) is 17.6 Å². The second-order valence-corrected chi connectivity index (χ2v) is 4.65. The third-order valence-corrected chi connectivity index (χ3v) is 3.94. The van der Waals surface area contributed by atoms with Crippen molar-refractivity contribution in [2.45, 2.75) is 24.4 Å². The van der Waals surface area contributed by atoms with Gasteiger partial charge in [0.2, 0.25) is 0 Å². The fourth-order valence-electron chi connectivity index (χ4n) is 1.29. The Balaban J connectivity index is 2.27. The van der Waals surface area contributed by atoms with E-state index in [0.717, 1.165) is 12.8 Å². The molecule has 6 heteroatoms. The van der Waals surface area contributed by atoms with E-state index in [9.17, 15) is 13.2 Å². The molecule has 1 aromatic rings. The van der Waals surface area contributed by atoms with Crippen LogP contribution in [0.15, 0.2) is 5.38 Å². The van der Waals surface area contributed by atoms with Crippen LogP contribution in [0.5, 0.6) is 0 Å². The van der Waals surface area contributed by atoms with Gasteiger partial charge in [0.05, 0.1) is 5.69 Å². The van der Waals surface area contributed by atoms with Gasteiger partial charge in [-0.15, -0.1) is 11.3 Å². The minimum atomic E-state index is -4.31. The van der Waals surface area contributed by atoms with Gasteiger partial charge in [0.25, 0.3) is 0 Å². The molecule has 0 aliphatic heterocycles. The van der Waals surface area contributed by atoms with Gasteiger partial charge in [-0.05, 0) is 12.8 Å². The monoisotopic (exact) mass is 239 g/mol. The molecule has 1 nitrogen and oxygen atoms in total. The quantitative estimate of drug-likeness (QED) is 0.782. The normalized spacial score (nSPS) is 19.7. The highest BCUT2D eigenvalue weighted by Crippen LogP contribution is 2.49. The molecule has 0 saturated heterocycles. The van der Waals surface area contributed by atoms with E-state index in [1.807, 2.05) is 0 Å². The Morgan fingerprint density at radius 2 is 2.14 bits per heavy atom. The maximum Gasteiger partial charge on any atom is 0.443 e. The van der Waals surface area contributed by atoms with E-state index in [4.69, 9.17) is 0 Å². The average molecular weight is 239 g/mol. The lowest BCUT2D eigenvalue weighted by molar-refractivity contribution is -0.137. The summed E-state index contributed by atoms with van der Waals surface area (Å²) < 4.78 is 36.7. The molecule has 1 aliphatic carbocycles. The number of hydrogen-bond acceptors (Lipinski definition) is 3. The van der Waals surface area contributed by atoms with Gasteiger partial charge in [-0.25, -0.2) is 4.98 Å². The summed E-state index contributed by atoms with van der Waals surface area (Å²) in [5, 5.41) is 0.757. The largest absolute Gasteiger partial charge is 0.443 e. The highest BCUT2D eigenvalue weighted by Gasteiger charge is 2.46. The molecule has 0 aromatic carbocycles. The summed E-state index contributed by atoms with van der Waals surface area (Å²) in [6, 6.07) is 0. The summed E-state index contributed by atoms with van der Waals surface area (Å²) in [4.78, 5) is 3.63. The number of thiazole rings is 1. The zero-order chi connectivity index (χ0) is 10.4. The van der Waals surface area contributed by atoms with Gasteiger partial charge in [0, 0.05) is 16.5 Å². The first kappa shape index (κ1) is 10.3. The third kappa shape index (κ3) is 1.65. The summed E-state index contributed by atoms with van der Waals surface area (Å²) in [7, 11) is 0. The van der Waals surface area contributed by atoms with E-state index < -0.39 is 11.2 Å². The van der Waals surface area contributed by atoms with Crippen LogP contribution in [0.4, 0.5) is 13.2 Å². The topological polar surface area (TPSA) is 12.9 Å². The van der Waals surface area contributed by atoms with Crippen LogP contribution in [0.1, 0.15) is 23.5 Å².